The molecule has 0 spiro atoms. The molecular weight excluding hydrogens is 206 g/mol. The maximum absolute atomic E-state index is 10.8. The van der Waals surface area contributed by atoms with E-state index in [-0.39, 0.29) is 6.01 Å². The van der Waals surface area contributed by atoms with E-state index in [0.29, 0.717) is 11.3 Å². The lowest BCUT2D eigenvalue weighted by Crippen LogP contribution is -2.10. The number of ether oxygens (including phenoxy) is 1. The number of hydrogen-bond donors (Lipinski definition) is 1. The molecule has 2 N–H and O–H groups in total. The van der Waals surface area contributed by atoms with Crippen LogP contribution in [0, 0.1) is 6.20 Å². The molecule has 1 radical (unpaired) electrons. The van der Waals surface area contributed by atoms with Gasteiger partial charge >= 0.3 is 6.01 Å². The molecule has 0 aliphatic carbocycles. The average molecular weight is 214 g/mol. The van der Waals surface area contributed by atoms with E-state index < -0.39 is 5.91 Å². The second-order valence-corrected chi connectivity index (χ2v) is 2.96. The van der Waals surface area contributed by atoms with Crippen molar-refractivity contribution >= 4 is 5.91 Å². The van der Waals surface area contributed by atoms with E-state index in [0.717, 1.165) is 0 Å². The number of primary amides is 1. The van der Waals surface area contributed by atoms with Crippen molar-refractivity contribution in [2.24, 2.45) is 5.73 Å². The summed E-state index contributed by atoms with van der Waals surface area (Å²) in [5.41, 5.74) is 5.53. The minimum Gasteiger partial charge on any atom is -0.424 e. The molecule has 0 saturated carbocycles. The van der Waals surface area contributed by atoms with E-state index in [9.17, 15) is 4.79 Å². The Labute approximate surface area is 91.9 Å². The van der Waals surface area contributed by atoms with Crippen LogP contribution in [0.1, 0.15) is 10.4 Å². The smallest absolute Gasteiger partial charge is 0.322 e. The third-order valence-corrected chi connectivity index (χ3v) is 1.84. The molecule has 0 unspecified atom stereocenters. The largest absolute Gasteiger partial charge is 0.424 e. The number of hydrogen-bond acceptors (Lipinski definition) is 4. The van der Waals surface area contributed by atoms with Crippen molar-refractivity contribution in [1.82, 2.24) is 9.97 Å². The fourth-order valence-corrected chi connectivity index (χ4v) is 1.10. The highest BCUT2D eigenvalue weighted by Crippen LogP contribution is 2.17. The van der Waals surface area contributed by atoms with Crippen LogP contribution in [0.3, 0.4) is 0 Å². The highest BCUT2D eigenvalue weighted by molar-refractivity contribution is 5.92. The number of nitrogens with zero attached hydrogens (tertiary/aromatic N) is 2. The van der Waals surface area contributed by atoms with Gasteiger partial charge in [-0.25, -0.2) is 4.98 Å². The first-order valence-corrected chi connectivity index (χ1v) is 4.52. The molecule has 0 saturated heterocycles. The molecule has 0 aliphatic rings. The van der Waals surface area contributed by atoms with Gasteiger partial charge in [0, 0.05) is 11.8 Å². The Kier molecular flexibility index (Phi) is 2.77. The summed E-state index contributed by atoms with van der Waals surface area (Å²) in [4.78, 5) is 18.5. The summed E-state index contributed by atoms with van der Waals surface area (Å²) in [6, 6.07) is 8.17. The third kappa shape index (κ3) is 2.33. The summed E-state index contributed by atoms with van der Waals surface area (Å²) in [6.07, 6.45) is 4.13. The zero-order valence-corrected chi connectivity index (χ0v) is 8.25. The van der Waals surface area contributed by atoms with Gasteiger partial charge in [-0.2, -0.15) is 4.98 Å². The van der Waals surface area contributed by atoms with Gasteiger partial charge < -0.3 is 10.5 Å². The van der Waals surface area contributed by atoms with Crippen molar-refractivity contribution in [3.8, 4) is 11.8 Å². The van der Waals surface area contributed by atoms with Crippen LogP contribution < -0.4 is 10.5 Å². The summed E-state index contributed by atoms with van der Waals surface area (Å²) in [5, 5.41) is 0. The van der Waals surface area contributed by atoms with Crippen molar-refractivity contribution in [2.75, 3.05) is 0 Å². The Hall–Kier alpha value is -2.43. The van der Waals surface area contributed by atoms with E-state index in [2.05, 4.69) is 16.2 Å². The van der Waals surface area contributed by atoms with Crippen LogP contribution in [0.15, 0.2) is 36.5 Å². The number of benzene rings is 1. The second kappa shape index (κ2) is 4.39. The standard InChI is InChI=1S/C11H8N3O2/c12-10(15)8-2-4-9(5-3-8)16-11-13-6-1-7-14-11/h1-6H,(H2,12,15). The van der Waals surface area contributed by atoms with E-state index in [1.807, 2.05) is 0 Å². The Morgan fingerprint density at radius 1 is 1.31 bits per heavy atom. The first-order valence-electron chi connectivity index (χ1n) is 4.52. The molecule has 0 fully saturated rings. The molecule has 79 valence electrons. The monoisotopic (exact) mass is 214 g/mol. The predicted molar refractivity (Wildman–Crippen MR) is 55.9 cm³/mol. The predicted octanol–water partition coefficient (Wildman–Crippen LogP) is 1.17. The lowest BCUT2D eigenvalue weighted by molar-refractivity contribution is 0.100. The fraction of sp³-hybridized carbons (Fsp3) is 0. The minimum absolute atomic E-state index is 0.203. The van der Waals surface area contributed by atoms with Gasteiger partial charge in [0.15, 0.2) is 0 Å². The van der Waals surface area contributed by atoms with Crippen LogP contribution in [-0.4, -0.2) is 15.9 Å². The third-order valence-electron chi connectivity index (χ3n) is 1.84. The summed E-state index contributed by atoms with van der Waals surface area (Å²) in [5.74, 6) is 0.0560. The molecule has 1 aromatic heterocycles. The van der Waals surface area contributed by atoms with Gasteiger partial charge in [0.25, 0.3) is 0 Å². The molecule has 1 heterocycles. The quantitative estimate of drug-likeness (QED) is 0.831. The van der Waals surface area contributed by atoms with E-state index in [4.69, 9.17) is 10.5 Å². The number of aromatic nitrogens is 2. The average Bonchev–Trinajstić information content (AvgIpc) is 2.31. The maximum Gasteiger partial charge on any atom is 0.322 e. The SMILES string of the molecule is NC(=O)c1ccc(Oc2n[c]ccn2)cc1. The lowest BCUT2D eigenvalue weighted by atomic mass is 10.2. The molecule has 2 aromatic rings. The van der Waals surface area contributed by atoms with E-state index >= 15 is 0 Å². The van der Waals surface area contributed by atoms with Crippen molar-refractivity contribution in [1.29, 1.82) is 0 Å². The van der Waals surface area contributed by atoms with Gasteiger partial charge in [-0.05, 0) is 30.3 Å². The normalized spacial score (nSPS) is 9.75. The second-order valence-electron chi connectivity index (χ2n) is 2.96. The molecule has 0 bridgehead atoms. The number of carbonyl (C=O) groups is 1. The molecule has 5 nitrogen and oxygen atoms in total. The Bertz CT molecular complexity index is 482. The summed E-state index contributed by atoms with van der Waals surface area (Å²) < 4.78 is 5.31. The summed E-state index contributed by atoms with van der Waals surface area (Å²) in [7, 11) is 0. The number of amides is 1. The van der Waals surface area contributed by atoms with Crippen LogP contribution in [0.2, 0.25) is 0 Å². The highest BCUT2D eigenvalue weighted by Gasteiger charge is 2.02. The number of carbonyl (C=O) groups excluding carboxylic acids is 1. The number of nitrogens with two attached hydrogens (primary N) is 1. The lowest BCUT2D eigenvalue weighted by Gasteiger charge is -2.02. The van der Waals surface area contributed by atoms with Gasteiger partial charge in [-0.15, -0.1) is 0 Å². The van der Waals surface area contributed by atoms with Crippen molar-refractivity contribution < 1.29 is 9.53 Å². The van der Waals surface area contributed by atoms with E-state index in [1.165, 1.54) is 6.20 Å². The van der Waals surface area contributed by atoms with Crippen molar-refractivity contribution in [2.45, 2.75) is 0 Å². The van der Waals surface area contributed by atoms with Crippen LogP contribution in [0.25, 0.3) is 0 Å². The molecule has 2 rings (SSSR count). The molecule has 16 heavy (non-hydrogen) atoms. The number of rotatable bonds is 3. The zero-order chi connectivity index (χ0) is 11.4. The van der Waals surface area contributed by atoms with Crippen LogP contribution >= 0.6 is 0 Å². The molecule has 1 aromatic carbocycles. The van der Waals surface area contributed by atoms with Crippen LogP contribution in [0.4, 0.5) is 0 Å². The van der Waals surface area contributed by atoms with Crippen molar-refractivity contribution in [3.05, 3.63) is 48.3 Å². The minimum atomic E-state index is -0.476. The summed E-state index contributed by atoms with van der Waals surface area (Å²) in [6.45, 7) is 0. The summed E-state index contributed by atoms with van der Waals surface area (Å²) >= 11 is 0. The first-order chi connectivity index (χ1) is 7.75. The van der Waals surface area contributed by atoms with Gasteiger partial charge in [0.2, 0.25) is 5.91 Å². The highest BCUT2D eigenvalue weighted by atomic mass is 16.5. The van der Waals surface area contributed by atoms with Gasteiger partial charge in [-0.1, -0.05) is 0 Å². The van der Waals surface area contributed by atoms with E-state index in [1.54, 1.807) is 30.3 Å². The van der Waals surface area contributed by atoms with Gasteiger partial charge in [-0.3, -0.25) is 4.79 Å². The molecule has 1 amide bonds. The Balaban J connectivity index is 2.14. The topological polar surface area (TPSA) is 78.1 Å². The maximum atomic E-state index is 10.8. The fourth-order valence-electron chi connectivity index (χ4n) is 1.10. The molecule has 0 atom stereocenters. The Morgan fingerprint density at radius 3 is 2.62 bits per heavy atom. The van der Waals surface area contributed by atoms with Crippen molar-refractivity contribution in [3.63, 3.8) is 0 Å². The molecular formula is C11H8N3O2. The van der Waals surface area contributed by atoms with Gasteiger partial charge in [0.1, 0.15) is 5.75 Å². The van der Waals surface area contributed by atoms with Crippen LogP contribution in [0.5, 0.6) is 11.8 Å². The van der Waals surface area contributed by atoms with Crippen LogP contribution in [-0.2, 0) is 0 Å². The molecule has 0 aliphatic heterocycles. The first kappa shape index (κ1) is 10.1. The Morgan fingerprint density at radius 2 is 2.06 bits per heavy atom. The zero-order valence-electron chi connectivity index (χ0n) is 8.25. The molecule has 5 heteroatoms. The van der Waals surface area contributed by atoms with Gasteiger partial charge in [0.05, 0.1) is 6.20 Å².